The predicted octanol–water partition coefficient (Wildman–Crippen LogP) is 3.57. The van der Waals surface area contributed by atoms with Crippen LogP contribution in [0.25, 0.3) is 12.2 Å². The van der Waals surface area contributed by atoms with Crippen molar-refractivity contribution in [3.05, 3.63) is 82.2 Å². The molecular formula is C20H22N4. The fourth-order valence-corrected chi connectivity index (χ4v) is 2.60. The van der Waals surface area contributed by atoms with Crippen LogP contribution in [0.3, 0.4) is 0 Å². The molecule has 2 N–H and O–H groups in total. The summed E-state index contributed by atoms with van der Waals surface area (Å²) in [5, 5.41) is 8.51. The van der Waals surface area contributed by atoms with Crippen molar-refractivity contribution in [3.8, 4) is 0 Å². The summed E-state index contributed by atoms with van der Waals surface area (Å²) >= 11 is 0. The number of nitrogens with zero attached hydrogens (tertiary/aromatic N) is 3. The maximum absolute atomic E-state index is 5.83. The van der Waals surface area contributed by atoms with E-state index in [0.717, 1.165) is 17.0 Å². The van der Waals surface area contributed by atoms with E-state index in [4.69, 9.17) is 5.73 Å². The number of nitrogens with two attached hydrogens (primary N) is 1. The summed E-state index contributed by atoms with van der Waals surface area (Å²) < 4.78 is 1.91. The molecule has 0 saturated carbocycles. The molecule has 0 unspecified atom stereocenters. The van der Waals surface area contributed by atoms with Crippen LogP contribution in [0.5, 0.6) is 0 Å². The summed E-state index contributed by atoms with van der Waals surface area (Å²) in [6.07, 6.45) is 4.12. The molecule has 0 saturated heterocycles. The molecule has 0 fully saturated rings. The molecule has 3 rings (SSSR count). The van der Waals surface area contributed by atoms with Gasteiger partial charge in [-0.15, -0.1) is 5.10 Å². The lowest BCUT2D eigenvalue weighted by Crippen LogP contribution is -2.06. The minimum absolute atomic E-state index is 0.376. The smallest absolute Gasteiger partial charge is 0.104 e. The Bertz CT molecular complexity index is 844. The van der Waals surface area contributed by atoms with Gasteiger partial charge >= 0.3 is 0 Å². The Balaban J connectivity index is 1.90. The van der Waals surface area contributed by atoms with Crippen LogP contribution in [-0.4, -0.2) is 15.0 Å². The van der Waals surface area contributed by atoms with Crippen LogP contribution in [0, 0.1) is 13.8 Å². The van der Waals surface area contributed by atoms with Crippen LogP contribution in [0.15, 0.2) is 48.5 Å². The molecule has 1 aromatic heterocycles. The van der Waals surface area contributed by atoms with Crippen LogP contribution >= 0.6 is 0 Å². The monoisotopic (exact) mass is 318 g/mol. The first-order valence-corrected chi connectivity index (χ1v) is 8.09. The van der Waals surface area contributed by atoms with Crippen molar-refractivity contribution in [2.45, 2.75) is 26.9 Å². The van der Waals surface area contributed by atoms with E-state index < -0.39 is 0 Å². The summed E-state index contributed by atoms with van der Waals surface area (Å²) in [7, 11) is 0. The zero-order valence-electron chi connectivity index (χ0n) is 14.1. The molecule has 0 aliphatic rings. The van der Waals surface area contributed by atoms with Crippen molar-refractivity contribution in [3.63, 3.8) is 0 Å². The molecule has 122 valence electrons. The molecule has 0 spiro atoms. The third-order valence-corrected chi connectivity index (χ3v) is 4.13. The summed E-state index contributed by atoms with van der Waals surface area (Å²) in [5.41, 5.74) is 12.5. The maximum Gasteiger partial charge on any atom is 0.104 e. The molecule has 4 heteroatoms. The van der Waals surface area contributed by atoms with Crippen molar-refractivity contribution in [1.82, 2.24) is 15.0 Å². The summed E-state index contributed by atoms with van der Waals surface area (Å²) in [5.74, 6) is 0. The van der Waals surface area contributed by atoms with Gasteiger partial charge in [0, 0.05) is 6.54 Å². The van der Waals surface area contributed by atoms with Crippen molar-refractivity contribution >= 4 is 12.2 Å². The van der Waals surface area contributed by atoms with Gasteiger partial charge in [0.05, 0.1) is 12.2 Å². The number of aryl methyl sites for hydroxylation is 2. The van der Waals surface area contributed by atoms with E-state index in [9.17, 15) is 0 Å². The maximum atomic E-state index is 5.83. The van der Waals surface area contributed by atoms with Gasteiger partial charge in [0.1, 0.15) is 5.69 Å². The molecule has 2 aromatic carbocycles. The van der Waals surface area contributed by atoms with Gasteiger partial charge in [-0.25, -0.2) is 4.68 Å². The standard InChI is InChI=1S/C20H22N4/c1-15-7-9-17(10-8-15)11-12-20-19(13-21)22-23-24(20)14-18-6-4-3-5-16(18)2/h3-12H,13-14,21H2,1-2H3/b12-11+. The molecule has 0 bridgehead atoms. The van der Waals surface area contributed by atoms with E-state index in [1.165, 1.54) is 16.7 Å². The summed E-state index contributed by atoms with van der Waals surface area (Å²) in [4.78, 5) is 0. The molecule has 0 radical (unpaired) electrons. The number of hydrogen-bond acceptors (Lipinski definition) is 3. The number of rotatable bonds is 5. The van der Waals surface area contributed by atoms with Crippen LogP contribution in [0.1, 0.15) is 33.6 Å². The third kappa shape index (κ3) is 3.60. The lowest BCUT2D eigenvalue weighted by Gasteiger charge is -2.07. The molecule has 0 amide bonds. The lowest BCUT2D eigenvalue weighted by molar-refractivity contribution is 0.642. The van der Waals surface area contributed by atoms with Gasteiger partial charge < -0.3 is 5.73 Å². The summed E-state index contributed by atoms with van der Waals surface area (Å²) in [6.45, 7) is 5.26. The van der Waals surface area contributed by atoms with Gasteiger partial charge in [-0.3, -0.25) is 0 Å². The predicted molar refractivity (Wildman–Crippen MR) is 98.3 cm³/mol. The Morgan fingerprint density at radius 2 is 1.75 bits per heavy atom. The second kappa shape index (κ2) is 7.23. The Labute approximate surface area is 142 Å². The van der Waals surface area contributed by atoms with Crippen molar-refractivity contribution in [2.24, 2.45) is 5.73 Å². The van der Waals surface area contributed by atoms with Gasteiger partial charge in [0.2, 0.25) is 0 Å². The van der Waals surface area contributed by atoms with Crippen molar-refractivity contribution in [2.75, 3.05) is 0 Å². The normalized spacial score (nSPS) is 11.3. The topological polar surface area (TPSA) is 56.7 Å². The average molecular weight is 318 g/mol. The van der Waals surface area contributed by atoms with Crippen LogP contribution in [0.4, 0.5) is 0 Å². The highest BCUT2D eigenvalue weighted by molar-refractivity contribution is 5.69. The lowest BCUT2D eigenvalue weighted by atomic mass is 10.1. The van der Waals surface area contributed by atoms with Gasteiger partial charge in [0.25, 0.3) is 0 Å². The van der Waals surface area contributed by atoms with Crippen molar-refractivity contribution < 1.29 is 0 Å². The quantitative estimate of drug-likeness (QED) is 0.782. The number of hydrogen-bond donors (Lipinski definition) is 1. The van der Waals surface area contributed by atoms with Crippen LogP contribution in [-0.2, 0) is 13.1 Å². The first kappa shape index (κ1) is 16.1. The molecule has 4 nitrogen and oxygen atoms in total. The number of aromatic nitrogens is 3. The SMILES string of the molecule is Cc1ccc(/C=C/c2c(CN)nnn2Cc2ccccc2C)cc1. The minimum Gasteiger partial charge on any atom is -0.325 e. The second-order valence-corrected chi connectivity index (χ2v) is 5.95. The molecule has 0 aliphatic carbocycles. The molecule has 24 heavy (non-hydrogen) atoms. The van der Waals surface area contributed by atoms with E-state index in [-0.39, 0.29) is 0 Å². The van der Waals surface area contributed by atoms with Gasteiger partial charge in [-0.2, -0.15) is 0 Å². The fraction of sp³-hybridized carbons (Fsp3) is 0.200. The average Bonchev–Trinajstić information content (AvgIpc) is 2.98. The second-order valence-electron chi connectivity index (χ2n) is 5.95. The summed E-state index contributed by atoms with van der Waals surface area (Å²) in [6, 6.07) is 16.7. The van der Waals surface area contributed by atoms with Gasteiger partial charge in [-0.05, 0) is 36.6 Å². The molecule has 1 heterocycles. The Kier molecular flexibility index (Phi) is 4.87. The highest BCUT2D eigenvalue weighted by Crippen LogP contribution is 2.15. The van der Waals surface area contributed by atoms with E-state index in [0.29, 0.717) is 13.1 Å². The largest absolute Gasteiger partial charge is 0.325 e. The Hall–Kier alpha value is -2.72. The van der Waals surface area contributed by atoms with Crippen molar-refractivity contribution in [1.29, 1.82) is 0 Å². The third-order valence-electron chi connectivity index (χ3n) is 4.13. The van der Waals surface area contributed by atoms with Crippen LogP contribution < -0.4 is 5.73 Å². The minimum atomic E-state index is 0.376. The van der Waals surface area contributed by atoms with E-state index in [2.05, 4.69) is 66.6 Å². The van der Waals surface area contributed by atoms with E-state index in [1.807, 2.05) is 22.9 Å². The first-order valence-electron chi connectivity index (χ1n) is 8.09. The number of benzene rings is 2. The molecule has 0 atom stereocenters. The van der Waals surface area contributed by atoms with Gasteiger partial charge in [0.15, 0.2) is 0 Å². The molecule has 0 aliphatic heterocycles. The highest BCUT2D eigenvalue weighted by atomic mass is 15.4. The van der Waals surface area contributed by atoms with E-state index in [1.54, 1.807) is 0 Å². The van der Waals surface area contributed by atoms with Crippen LogP contribution in [0.2, 0.25) is 0 Å². The zero-order valence-corrected chi connectivity index (χ0v) is 14.1. The fourth-order valence-electron chi connectivity index (χ4n) is 2.60. The Morgan fingerprint density at radius 3 is 2.46 bits per heavy atom. The molecular weight excluding hydrogens is 296 g/mol. The first-order chi connectivity index (χ1) is 11.7. The molecule has 3 aromatic rings. The highest BCUT2D eigenvalue weighted by Gasteiger charge is 2.10. The van der Waals surface area contributed by atoms with E-state index >= 15 is 0 Å². The Morgan fingerprint density at radius 1 is 1.00 bits per heavy atom. The zero-order chi connectivity index (χ0) is 16.9. The van der Waals surface area contributed by atoms with Gasteiger partial charge in [-0.1, -0.05) is 65.4 Å².